The highest BCUT2D eigenvalue weighted by Crippen LogP contribution is 2.21. The van der Waals surface area contributed by atoms with E-state index in [9.17, 15) is 19.7 Å². The van der Waals surface area contributed by atoms with Gasteiger partial charge < -0.3 is 10.1 Å². The Bertz CT molecular complexity index is 900. The van der Waals surface area contributed by atoms with Crippen LogP contribution in [0.1, 0.15) is 25.9 Å². The molecule has 128 valence electrons. The maximum atomic E-state index is 11.9. The zero-order valence-electron chi connectivity index (χ0n) is 13.2. The van der Waals surface area contributed by atoms with E-state index >= 15 is 0 Å². The van der Waals surface area contributed by atoms with E-state index in [0.717, 1.165) is 23.5 Å². The third-order valence-corrected chi connectivity index (χ3v) is 4.08. The lowest BCUT2D eigenvalue weighted by Gasteiger charge is -2.07. The Morgan fingerprint density at radius 2 is 2.16 bits per heavy atom. The van der Waals surface area contributed by atoms with Crippen LogP contribution in [0.15, 0.2) is 18.2 Å². The molecule has 1 aromatic heterocycles. The highest BCUT2D eigenvalue weighted by atomic mass is 32.1. The molecule has 1 aromatic carbocycles. The number of hydrogen-bond acceptors (Lipinski definition) is 8. The molecule has 2 aromatic rings. The summed E-state index contributed by atoms with van der Waals surface area (Å²) < 4.78 is 4.92. The quantitative estimate of drug-likeness (QED) is 0.491. The Morgan fingerprint density at radius 3 is 2.72 bits per heavy atom. The number of benzene rings is 1. The highest BCUT2D eigenvalue weighted by molar-refractivity contribution is 7.13. The van der Waals surface area contributed by atoms with Crippen LogP contribution in [0, 0.1) is 35.3 Å². The Labute approximate surface area is 146 Å². The first-order valence-electron chi connectivity index (χ1n) is 6.91. The van der Waals surface area contributed by atoms with E-state index in [4.69, 9.17) is 10.00 Å². The van der Waals surface area contributed by atoms with E-state index < -0.39 is 23.4 Å². The molecule has 0 saturated carbocycles. The molecule has 1 heterocycles. The smallest absolute Gasteiger partial charge is 0.350 e. The largest absolute Gasteiger partial charge is 0.451 e. The lowest BCUT2D eigenvalue weighted by molar-refractivity contribution is -0.384. The minimum absolute atomic E-state index is 0.0668. The van der Waals surface area contributed by atoms with Gasteiger partial charge in [0.2, 0.25) is 0 Å². The van der Waals surface area contributed by atoms with E-state index in [0.29, 0.717) is 15.6 Å². The van der Waals surface area contributed by atoms with Gasteiger partial charge in [-0.05, 0) is 19.9 Å². The Kier molecular flexibility index (Phi) is 5.41. The van der Waals surface area contributed by atoms with Crippen LogP contribution < -0.4 is 5.32 Å². The average molecular weight is 360 g/mol. The molecule has 25 heavy (non-hydrogen) atoms. The second-order valence-corrected chi connectivity index (χ2v) is 6.07. The number of carbonyl (C=O) groups is 2. The molecular formula is C15H12N4O5S. The molecule has 1 amide bonds. The summed E-state index contributed by atoms with van der Waals surface area (Å²) in [4.78, 5) is 38.3. The third kappa shape index (κ3) is 4.36. The van der Waals surface area contributed by atoms with Crippen molar-refractivity contribution in [1.29, 1.82) is 5.26 Å². The minimum Gasteiger partial charge on any atom is -0.451 e. The number of nitro groups is 1. The number of anilines is 1. The topological polar surface area (TPSA) is 135 Å². The molecule has 0 atom stereocenters. The number of ether oxygens (including phenoxy) is 1. The average Bonchev–Trinajstić information content (AvgIpc) is 2.91. The SMILES string of the molecule is Cc1nc(C)c(C(=O)OCC(=O)Nc2ccc([N+](=O)[O-])cc2C#N)s1. The van der Waals surface area contributed by atoms with E-state index in [1.807, 2.05) is 0 Å². The molecule has 0 fully saturated rings. The van der Waals surface area contributed by atoms with Crippen molar-refractivity contribution in [2.75, 3.05) is 11.9 Å². The summed E-state index contributed by atoms with van der Waals surface area (Å²) >= 11 is 1.16. The maximum absolute atomic E-state index is 11.9. The maximum Gasteiger partial charge on any atom is 0.350 e. The summed E-state index contributed by atoms with van der Waals surface area (Å²) in [6.07, 6.45) is 0. The second kappa shape index (κ2) is 7.50. The fourth-order valence-electron chi connectivity index (χ4n) is 1.95. The van der Waals surface area contributed by atoms with Gasteiger partial charge in [-0.25, -0.2) is 9.78 Å². The number of aryl methyl sites for hydroxylation is 2. The van der Waals surface area contributed by atoms with Crippen molar-refractivity contribution in [3.63, 3.8) is 0 Å². The lowest BCUT2D eigenvalue weighted by atomic mass is 10.1. The van der Waals surface area contributed by atoms with E-state index in [1.54, 1.807) is 19.9 Å². The van der Waals surface area contributed by atoms with Gasteiger partial charge in [-0.1, -0.05) is 0 Å². The Balaban J connectivity index is 2.01. The third-order valence-electron chi connectivity index (χ3n) is 3.03. The fraction of sp³-hybridized carbons (Fsp3) is 0.200. The van der Waals surface area contributed by atoms with Crippen molar-refractivity contribution in [2.24, 2.45) is 0 Å². The van der Waals surface area contributed by atoms with Crippen LogP contribution in [0.4, 0.5) is 11.4 Å². The molecule has 10 heteroatoms. The number of hydrogen-bond donors (Lipinski definition) is 1. The molecular weight excluding hydrogens is 348 g/mol. The van der Waals surface area contributed by atoms with Gasteiger partial charge in [-0.2, -0.15) is 5.26 Å². The van der Waals surface area contributed by atoms with E-state index in [2.05, 4.69) is 10.3 Å². The van der Waals surface area contributed by atoms with Gasteiger partial charge >= 0.3 is 5.97 Å². The van der Waals surface area contributed by atoms with Crippen molar-refractivity contribution in [2.45, 2.75) is 13.8 Å². The number of nitriles is 1. The number of nitro benzene ring substituents is 1. The fourth-order valence-corrected chi connectivity index (χ4v) is 2.76. The lowest BCUT2D eigenvalue weighted by Crippen LogP contribution is -2.21. The molecule has 0 bridgehead atoms. The van der Waals surface area contributed by atoms with Gasteiger partial charge in [0.1, 0.15) is 10.9 Å². The van der Waals surface area contributed by atoms with Crippen LogP contribution in [0.2, 0.25) is 0 Å². The van der Waals surface area contributed by atoms with Crippen LogP contribution in [-0.2, 0) is 9.53 Å². The standard InChI is InChI=1S/C15H12N4O5S/c1-8-14(25-9(2)17-8)15(21)24-7-13(20)18-12-4-3-11(19(22)23)5-10(12)6-16/h3-5H,7H2,1-2H3,(H,18,20). The number of nitrogens with zero attached hydrogens (tertiary/aromatic N) is 3. The number of nitrogens with one attached hydrogen (secondary N) is 1. The summed E-state index contributed by atoms with van der Waals surface area (Å²) in [5.41, 5.74) is 0.286. The van der Waals surface area contributed by atoms with Crippen LogP contribution in [0.3, 0.4) is 0 Å². The number of amides is 1. The van der Waals surface area contributed by atoms with Crippen LogP contribution in [-0.4, -0.2) is 28.4 Å². The van der Waals surface area contributed by atoms with Crippen LogP contribution in [0.5, 0.6) is 0 Å². The number of aromatic nitrogens is 1. The molecule has 0 aliphatic rings. The molecule has 1 N–H and O–H groups in total. The number of rotatable bonds is 5. The normalized spacial score (nSPS) is 9.96. The van der Waals surface area contributed by atoms with Crippen LogP contribution in [0.25, 0.3) is 0 Å². The molecule has 0 unspecified atom stereocenters. The van der Waals surface area contributed by atoms with Crippen molar-refractivity contribution in [1.82, 2.24) is 4.98 Å². The summed E-state index contributed by atoms with van der Waals surface area (Å²) in [6.45, 7) is 2.85. The first-order chi connectivity index (χ1) is 11.8. The molecule has 9 nitrogen and oxygen atoms in total. The predicted octanol–water partition coefficient (Wildman–Crippen LogP) is 2.34. The predicted molar refractivity (Wildman–Crippen MR) is 88.3 cm³/mol. The summed E-state index contributed by atoms with van der Waals surface area (Å²) in [5, 5.41) is 22.8. The summed E-state index contributed by atoms with van der Waals surface area (Å²) in [7, 11) is 0. The second-order valence-electron chi connectivity index (χ2n) is 4.87. The monoisotopic (exact) mass is 360 g/mol. The number of non-ortho nitro benzene ring substituents is 1. The number of carbonyl (C=O) groups excluding carboxylic acids is 2. The van der Waals surface area contributed by atoms with Crippen molar-refractivity contribution < 1.29 is 19.2 Å². The minimum atomic E-state index is -0.669. The van der Waals surface area contributed by atoms with Gasteiger partial charge in [0.15, 0.2) is 6.61 Å². The van der Waals surface area contributed by atoms with Crippen molar-refractivity contribution in [3.05, 3.63) is 49.5 Å². The summed E-state index contributed by atoms with van der Waals surface area (Å²) in [5.74, 6) is -1.33. The first kappa shape index (κ1) is 18.0. The molecule has 0 aliphatic heterocycles. The first-order valence-corrected chi connectivity index (χ1v) is 7.73. The molecule has 0 spiro atoms. The number of thiazole rings is 1. The zero-order valence-corrected chi connectivity index (χ0v) is 14.0. The summed E-state index contributed by atoms with van der Waals surface area (Å²) in [6, 6.07) is 5.21. The van der Waals surface area contributed by atoms with Crippen molar-refractivity contribution >= 4 is 34.6 Å². The van der Waals surface area contributed by atoms with Gasteiger partial charge in [-0.15, -0.1) is 11.3 Å². The Hall–Kier alpha value is -3.32. The zero-order chi connectivity index (χ0) is 18.6. The van der Waals surface area contributed by atoms with E-state index in [-0.39, 0.29) is 16.9 Å². The van der Waals surface area contributed by atoms with E-state index in [1.165, 1.54) is 6.07 Å². The molecule has 2 rings (SSSR count). The van der Waals surface area contributed by atoms with Gasteiger partial charge in [0.05, 0.1) is 26.9 Å². The van der Waals surface area contributed by atoms with Gasteiger partial charge in [0, 0.05) is 12.1 Å². The highest BCUT2D eigenvalue weighted by Gasteiger charge is 2.18. The molecule has 0 saturated heterocycles. The molecule has 0 aliphatic carbocycles. The molecule has 0 radical (unpaired) electrons. The van der Waals surface area contributed by atoms with Gasteiger partial charge in [0.25, 0.3) is 11.6 Å². The number of esters is 1. The van der Waals surface area contributed by atoms with Crippen molar-refractivity contribution in [3.8, 4) is 6.07 Å². The van der Waals surface area contributed by atoms with Gasteiger partial charge in [-0.3, -0.25) is 14.9 Å². The Morgan fingerprint density at radius 1 is 1.44 bits per heavy atom. The van der Waals surface area contributed by atoms with Crippen LogP contribution >= 0.6 is 11.3 Å².